The van der Waals surface area contributed by atoms with Gasteiger partial charge in [0, 0.05) is 0 Å². The molecule has 5 heteroatoms. The van der Waals surface area contributed by atoms with Crippen LogP contribution in [-0.4, -0.2) is 39.9 Å². The molecule has 0 amide bonds. The Morgan fingerprint density at radius 1 is 1.05 bits per heavy atom. The van der Waals surface area contributed by atoms with Gasteiger partial charge >= 0.3 is 103 Å². The fourth-order valence-electron chi connectivity index (χ4n) is 2.49. The molecule has 0 bridgehead atoms. The summed E-state index contributed by atoms with van der Waals surface area (Å²) in [7, 11) is 0. The molecule has 1 aromatic carbocycles. The van der Waals surface area contributed by atoms with E-state index in [-0.39, 0.29) is 5.41 Å². The van der Waals surface area contributed by atoms with Crippen molar-refractivity contribution in [2.24, 2.45) is 0 Å². The van der Waals surface area contributed by atoms with Crippen molar-refractivity contribution in [2.75, 3.05) is 0 Å². The molecule has 4 nitrogen and oxygen atoms in total. The summed E-state index contributed by atoms with van der Waals surface area (Å²) < 4.78 is 1.36. The minimum absolute atomic E-state index is 0.266. The monoisotopic (exact) mass is 272 g/mol. The molecule has 0 unspecified atom stereocenters. The van der Waals surface area contributed by atoms with Crippen LogP contribution in [0.1, 0.15) is 43.9 Å². The van der Waals surface area contributed by atoms with Crippen LogP contribution >= 0.6 is 0 Å². The van der Waals surface area contributed by atoms with Gasteiger partial charge in [-0.2, -0.15) is 0 Å². The molecule has 0 atom stereocenters. The number of aryl methyl sites for hydroxylation is 2. The van der Waals surface area contributed by atoms with Gasteiger partial charge in [0.25, 0.3) is 0 Å². The summed E-state index contributed by atoms with van der Waals surface area (Å²) in [6.45, 7) is 11.2. The van der Waals surface area contributed by atoms with Gasteiger partial charge in [0.1, 0.15) is 6.42 Å². The third-order valence-corrected chi connectivity index (χ3v) is 2.73. The van der Waals surface area contributed by atoms with Crippen LogP contribution in [0.15, 0.2) is 12.1 Å². The molecule has 0 aliphatic heterocycles. The average Bonchev–Trinajstić information content (AvgIpc) is 2.10. The van der Waals surface area contributed by atoms with Crippen LogP contribution in [0.25, 0.3) is 0 Å². The first kappa shape index (κ1) is 18.8. The van der Waals surface area contributed by atoms with Crippen LogP contribution in [0.3, 0.4) is 0 Å². The molecule has 1 aromatic rings. The van der Waals surface area contributed by atoms with Crippen LogP contribution in [0.2, 0.25) is 0 Å². The van der Waals surface area contributed by atoms with E-state index in [0.717, 1.165) is 0 Å². The van der Waals surface area contributed by atoms with Crippen molar-refractivity contribution in [3.8, 4) is 0 Å². The average molecular weight is 272 g/mol. The number of carboxylic acid groups (broad SMARTS) is 2. The van der Waals surface area contributed by atoms with Gasteiger partial charge in [0.15, 0.2) is 0 Å². The summed E-state index contributed by atoms with van der Waals surface area (Å²) in [5.74, 6) is -2.62. The Morgan fingerprint density at radius 2 is 1.40 bits per heavy atom. The van der Waals surface area contributed by atoms with Gasteiger partial charge in [-0.05, 0) is 0 Å². The molecule has 0 aliphatic rings. The second kappa shape index (κ2) is 7.52. The second-order valence-electron chi connectivity index (χ2n) is 5.99. The van der Waals surface area contributed by atoms with Gasteiger partial charge in [-0.15, -0.1) is 0 Å². The zero-order valence-electron chi connectivity index (χ0n) is 13.1. The van der Waals surface area contributed by atoms with Crippen LogP contribution in [0.4, 0.5) is 0 Å². The normalized spacial score (nSPS) is 10.6. The van der Waals surface area contributed by atoms with Crippen molar-refractivity contribution < 1.29 is 19.8 Å². The van der Waals surface area contributed by atoms with E-state index < -0.39 is 18.4 Å². The van der Waals surface area contributed by atoms with Gasteiger partial charge in [-0.1, -0.05) is 0 Å². The summed E-state index contributed by atoms with van der Waals surface area (Å²) in [5.41, 5.74) is 4.61. The molecule has 0 saturated heterocycles. The van der Waals surface area contributed by atoms with Crippen molar-refractivity contribution >= 4 is 33.9 Å². The summed E-state index contributed by atoms with van der Waals surface area (Å²) in [6.07, 6.45) is -0.806. The van der Waals surface area contributed by atoms with Crippen molar-refractivity contribution in [2.45, 2.75) is 46.5 Å². The van der Waals surface area contributed by atoms with E-state index in [9.17, 15) is 9.59 Å². The van der Waals surface area contributed by atoms with E-state index >= 15 is 0 Å². The predicted octanol–water partition coefficient (Wildman–Crippen LogP) is 1.94. The molecule has 0 heterocycles. The molecule has 0 aromatic heterocycles. The Labute approximate surface area is 129 Å². The first-order valence-electron chi connectivity index (χ1n) is 6.47. The van der Waals surface area contributed by atoms with Gasteiger partial charge < -0.3 is 10.2 Å². The van der Waals surface area contributed by atoms with Crippen LogP contribution in [0, 0.1) is 13.8 Å². The third-order valence-electron chi connectivity index (χ3n) is 2.73. The molecule has 1 rings (SSSR count). The quantitative estimate of drug-likeness (QED) is 0.637. The molecule has 0 aliphatic carbocycles. The minimum atomic E-state index is -1.31. The zero-order chi connectivity index (χ0) is 16.1. The first-order chi connectivity index (χ1) is 8.95. The summed E-state index contributed by atoms with van der Waals surface area (Å²) in [4.78, 5) is 18.9. The van der Waals surface area contributed by atoms with E-state index in [1.165, 1.54) is 20.9 Å². The Hall–Kier alpha value is -1.24. The molecular weight excluding hydrogens is 251 g/mol. The predicted molar refractivity (Wildman–Crippen MR) is 79.9 cm³/mol. The van der Waals surface area contributed by atoms with Gasteiger partial charge in [-0.3, -0.25) is 9.59 Å². The Balaban J connectivity index is 0.000000441. The Kier molecular flexibility index (Phi) is 7.05. The maximum absolute atomic E-state index is 9.43. The molecule has 0 saturated carbocycles. The van der Waals surface area contributed by atoms with Gasteiger partial charge in [-0.25, -0.2) is 0 Å². The number of carboxylic acids is 2. The van der Waals surface area contributed by atoms with Crippen molar-refractivity contribution in [1.29, 1.82) is 0 Å². The van der Waals surface area contributed by atoms with E-state index in [1.807, 2.05) is 0 Å². The molecule has 2 N–H and O–H groups in total. The van der Waals surface area contributed by atoms with Crippen molar-refractivity contribution in [3.63, 3.8) is 0 Å². The number of aliphatic carboxylic acids is 2. The van der Waals surface area contributed by atoms with Crippen LogP contribution in [-0.2, 0) is 15.0 Å². The van der Waals surface area contributed by atoms with Crippen LogP contribution in [0.5, 0.6) is 0 Å². The zero-order valence-corrected chi connectivity index (χ0v) is 13.1. The second-order valence-corrected chi connectivity index (χ2v) is 5.99. The molecule has 0 radical (unpaired) electrons. The Bertz CT molecular complexity index is 466. The number of benzene rings is 1. The van der Waals surface area contributed by atoms with E-state index in [0.29, 0.717) is 0 Å². The Morgan fingerprint density at radius 3 is 1.60 bits per heavy atom. The number of hydrogen-bond acceptors (Lipinski definition) is 2. The van der Waals surface area contributed by atoms with E-state index in [1.54, 1.807) is 0 Å². The summed E-state index contributed by atoms with van der Waals surface area (Å²) in [5, 5.41) is 15.4. The SMILES string of the molecule is O=C(O)CC(=O)O.[Li][c]1cc(C)c(C(C)(C)C)c(C)c1. The molecule has 20 heavy (non-hydrogen) atoms. The van der Waals surface area contributed by atoms with Crippen LogP contribution < -0.4 is 4.24 Å². The number of hydrogen-bond donors (Lipinski definition) is 2. The van der Waals surface area contributed by atoms with Gasteiger partial charge in [0.05, 0.1) is 0 Å². The third kappa shape index (κ3) is 6.79. The van der Waals surface area contributed by atoms with E-state index in [4.69, 9.17) is 10.2 Å². The summed E-state index contributed by atoms with van der Waals surface area (Å²) in [6, 6.07) is 4.54. The van der Waals surface area contributed by atoms with Crippen molar-refractivity contribution in [3.05, 3.63) is 28.8 Å². The van der Waals surface area contributed by atoms with E-state index in [2.05, 4.69) is 64.5 Å². The number of rotatable bonds is 2. The molecule has 0 fully saturated rings. The molecule has 0 spiro atoms. The standard InChI is InChI=1S/C12H17.C3H4O4.Li/c1-9-7-6-8-10(2)11(9)12(3,4)5;4-2(5)1-3(6)7;/h7-8H,1-5H3;1H2,(H,4,5)(H,6,7);. The fraction of sp³-hybridized carbons (Fsp3) is 0.467. The maximum atomic E-state index is 9.43. The topological polar surface area (TPSA) is 74.6 Å². The molecule has 106 valence electrons. The van der Waals surface area contributed by atoms with Crippen molar-refractivity contribution in [1.82, 2.24) is 0 Å². The first-order valence-corrected chi connectivity index (χ1v) is 6.47. The van der Waals surface area contributed by atoms with Gasteiger partial charge in [0.2, 0.25) is 0 Å². The molecular formula is C15H21LiO4. The fourth-order valence-corrected chi connectivity index (χ4v) is 2.49. The summed E-state index contributed by atoms with van der Waals surface area (Å²) >= 11 is 2.16. The number of carbonyl (C=O) groups is 2.